The van der Waals surface area contributed by atoms with Crippen LogP contribution in [0.3, 0.4) is 0 Å². The molecule has 0 atom stereocenters. The Kier molecular flexibility index (Phi) is 3.42. The van der Waals surface area contributed by atoms with Crippen molar-refractivity contribution in [1.29, 1.82) is 0 Å². The van der Waals surface area contributed by atoms with E-state index in [9.17, 15) is 14.9 Å². The number of nitrogens with zero attached hydrogens (tertiary/aromatic N) is 1. The van der Waals surface area contributed by atoms with Gasteiger partial charge in [-0.1, -0.05) is 23.5 Å². The normalized spacial score (nSPS) is 10.3. The van der Waals surface area contributed by atoms with Crippen LogP contribution in [0.5, 0.6) is 0 Å². The number of para-hydroxylation sites is 1. The van der Waals surface area contributed by atoms with Gasteiger partial charge in [0.1, 0.15) is 5.69 Å². The van der Waals surface area contributed by atoms with Gasteiger partial charge in [-0.25, -0.2) is 0 Å². The van der Waals surface area contributed by atoms with E-state index in [-0.39, 0.29) is 10.6 Å². The zero-order valence-corrected chi connectivity index (χ0v) is 10.4. The highest BCUT2D eigenvalue weighted by atomic mass is 32.1. The molecule has 0 aliphatic rings. The molecule has 18 heavy (non-hydrogen) atoms. The minimum atomic E-state index is -0.409. The van der Waals surface area contributed by atoms with E-state index >= 15 is 0 Å². The van der Waals surface area contributed by atoms with E-state index < -0.39 is 4.92 Å². The molecule has 0 amide bonds. The van der Waals surface area contributed by atoms with Gasteiger partial charge in [-0.15, -0.1) is 0 Å². The van der Waals surface area contributed by atoms with Crippen LogP contribution in [0.2, 0.25) is 0 Å². The number of anilines is 1. The van der Waals surface area contributed by atoms with Gasteiger partial charge in [-0.2, -0.15) is 0 Å². The third-order valence-corrected chi connectivity index (χ3v) is 3.18. The molecule has 0 saturated heterocycles. The number of thiazole rings is 1. The van der Waals surface area contributed by atoms with Crippen molar-refractivity contribution in [3.05, 3.63) is 54.6 Å². The largest absolute Gasteiger partial charge is 0.374 e. The van der Waals surface area contributed by atoms with E-state index in [2.05, 4.69) is 10.3 Å². The number of aromatic nitrogens is 1. The molecule has 0 aliphatic heterocycles. The molecule has 0 saturated carbocycles. The molecule has 0 unspecified atom stereocenters. The summed E-state index contributed by atoms with van der Waals surface area (Å²) in [6.45, 7) is 2.04. The number of nitro benzene ring substituents is 1. The third-order valence-electron chi connectivity index (χ3n) is 2.46. The number of hydrogen-bond donors (Lipinski definition) is 2. The van der Waals surface area contributed by atoms with E-state index in [1.54, 1.807) is 30.5 Å². The number of benzene rings is 1. The van der Waals surface area contributed by atoms with Crippen molar-refractivity contribution in [1.82, 2.24) is 4.98 Å². The Morgan fingerprint density at radius 3 is 2.89 bits per heavy atom. The average molecular weight is 265 g/mol. The summed E-state index contributed by atoms with van der Waals surface area (Å²) in [4.78, 5) is 24.0. The lowest BCUT2D eigenvalue weighted by Gasteiger charge is -2.07. The summed E-state index contributed by atoms with van der Waals surface area (Å²) in [6.07, 6.45) is 0. The monoisotopic (exact) mass is 265 g/mol. The third kappa shape index (κ3) is 2.57. The number of hydrogen-bond acceptors (Lipinski definition) is 5. The van der Waals surface area contributed by atoms with Crippen LogP contribution in [-0.2, 0) is 6.54 Å². The fourth-order valence-electron chi connectivity index (χ4n) is 1.63. The first-order valence-corrected chi connectivity index (χ1v) is 6.10. The molecular weight excluding hydrogens is 254 g/mol. The molecule has 2 aromatic rings. The van der Waals surface area contributed by atoms with Gasteiger partial charge in [-0.05, 0) is 13.0 Å². The minimum Gasteiger partial charge on any atom is -0.374 e. The van der Waals surface area contributed by atoms with Crippen molar-refractivity contribution < 1.29 is 4.92 Å². The average Bonchev–Trinajstić information content (AvgIpc) is 2.72. The first-order valence-electron chi connectivity index (χ1n) is 5.22. The van der Waals surface area contributed by atoms with Crippen LogP contribution in [0.25, 0.3) is 0 Å². The summed E-state index contributed by atoms with van der Waals surface area (Å²) in [5, 5.41) is 15.6. The molecule has 94 valence electrons. The fraction of sp³-hybridized carbons (Fsp3) is 0.182. The highest BCUT2D eigenvalue weighted by molar-refractivity contribution is 7.07. The molecular formula is C11H11N3O3S. The SMILES string of the molecule is Cc1cccc(NCc2csc(=O)[nH]2)c1[N+](=O)[O-]. The number of H-pyrrole nitrogens is 1. The first-order chi connectivity index (χ1) is 8.58. The highest BCUT2D eigenvalue weighted by Gasteiger charge is 2.16. The van der Waals surface area contributed by atoms with Gasteiger partial charge in [0.2, 0.25) is 0 Å². The lowest BCUT2D eigenvalue weighted by Crippen LogP contribution is -2.05. The highest BCUT2D eigenvalue weighted by Crippen LogP contribution is 2.28. The van der Waals surface area contributed by atoms with Crippen molar-refractivity contribution in [2.24, 2.45) is 0 Å². The van der Waals surface area contributed by atoms with Gasteiger partial charge in [-0.3, -0.25) is 14.9 Å². The summed E-state index contributed by atoms with van der Waals surface area (Å²) >= 11 is 1.07. The van der Waals surface area contributed by atoms with Gasteiger partial charge in [0.25, 0.3) is 5.69 Å². The Balaban J connectivity index is 2.21. The maximum Gasteiger partial charge on any atom is 0.304 e. The van der Waals surface area contributed by atoms with Gasteiger partial charge in [0.15, 0.2) is 0 Å². The van der Waals surface area contributed by atoms with E-state index in [4.69, 9.17) is 0 Å². The predicted octanol–water partition coefficient (Wildman–Crippen LogP) is 2.27. The molecule has 7 heteroatoms. The van der Waals surface area contributed by atoms with E-state index in [0.29, 0.717) is 23.5 Å². The first kappa shape index (κ1) is 12.3. The van der Waals surface area contributed by atoms with Crippen LogP contribution in [0, 0.1) is 17.0 Å². The second kappa shape index (κ2) is 5.01. The Morgan fingerprint density at radius 2 is 2.28 bits per heavy atom. The zero-order valence-electron chi connectivity index (χ0n) is 9.60. The number of nitro groups is 1. The molecule has 1 heterocycles. The molecule has 0 radical (unpaired) electrons. The number of aromatic amines is 1. The van der Waals surface area contributed by atoms with Crippen LogP contribution >= 0.6 is 11.3 Å². The van der Waals surface area contributed by atoms with Crippen molar-refractivity contribution >= 4 is 22.7 Å². The van der Waals surface area contributed by atoms with Gasteiger partial charge in [0, 0.05) is 16.6 Å². The zero-order chi connectivity index (χ0) is 13.1. The topological polar surface area (TPSA) is 88.0 Å². The van der Waals surface area contributed by atoms with Crippen molar-refractivity contribution in [2.45, 2.75) is 13.5 Å². The fourth-order valence-corrected chi connectivity index (χ4v) is 2.22. The van der Waals surface area contributed by atoms with Crippen LogP contribution < -0.4 is 10.2 Å². The Hall–Kier alpha value is -2.15. The number of aryl methyl sites for hydroxylation is 1. The van der Waals surface area contributed by atoms with Crippen LogP contribution in [0.15, 0.2) is 28.4 Å². The second-order valence-corrected chi connectivity index (χ2v) is 4.60. The van der Waals surface area contributed by atoms with E-state index in [1.807, 2.05) is 0 Å². The molecule has 1 aromatic heterocycles. The Labute approximate surface area is 106 Å². The molecule has 2 rings (SSSR count). The lowest BCUT2D eigenvalue weighted by molar-refractivity contribution is -0.384. The summed E-state index contributed by atoms with van der Waals surface area (Å²) in [7, 11) is 0. The lowest BCUT2D eigenvalue weighted by atomic mass is 10.1. The van der Waals surface area contributed by atoms with Crippen molar-refractivity contribution in [2.75, 3.05) is 5.32 Å². The maximum absolute atomic E-state index is 11.0. The molecule has 2 N–H and O–H groups in total. The molecule has 6 nitrogen and oxygen atoms in total. The molecule has 0 fully saturated rings. The summed E-state index contributed by atoms with van der Waals surface area (Å²) in [5.41, 5.74) is 1.83. The minimum absolute atomic E-state index is 0.0649. The number of rotatable bonds is 4. The summed E-state index contributed by atoms with van der Waals surface area (Å²) in [5.74, 6) is 0. The van der Waals surface area contributed by atoms with Crippen LogP contribution in [0.4, 0.5) is 11.4 Å². The van der Waals surface area contributed by atoms with Crippen molar-refractivity contribution in [3.8, 4) is 0 Å². The smallest absolute Gasteiger partial charge is 0.304 e. The molecule has 0 spiro atoms. The summed E-state index contributed by atoms with van der Waals surface area (Å²) in [6, 6.07) is 5.09. The maximum atomic E-state index is 11.0. The standard InChI is InChI=1S/C11H11N3O3S/c1-7-3-2-4-9(10(7)14(16)17)12-5-8-6-18-11(15)13-8/h2-4,6,12H,5H2,1H3,(H,13,15). The van der Waals surface area contributed by atoms with E-state index in [1.165, 1.54) is 0 Å². The molecule has 1 aromatic carbocycles. The quantitative estimate of drug-likeness (QED) is 0.655. The van der Waals surface area contributed by atoms with Crippen molar-refractivity contribution in [3.63, 3.8) is 0 Å². The number of nitrogens with one attached hydrogen (secondary N) is 2. The van der Waals surface area contributed by atoms with E-state index in [0.717, 1.165) is 11.3 Å². The molecule has 0 bridgehead atoms. The summed E-state index contributed by atoms with van der Waals surface area (Å²) < 4.78 is 0. The van der Waals surface area contributed by atoms with Crippen LogP contribution in [0.1, 0.15) is 11.3 Å². The Morgan fingerprint density at radius 1 is 1.50 bits per heavy atom. The Bertz CT molecular complexity index is 632. The predicted molar refractivity (Wildman–Crippen MR) is 70.1 cm³/mol. The van der Waals surface area contributed by atoms with Gasteiger partial charge < -0.3 is 10.3 Å². The van der Waals surface area contributed by atoms with Gasteiger partial charge >= 0.3 is 4.87 Å². The molecule has 0 aliphatic carbocycles. The second-order valence-electron chi connectivity index (χ2n) is 3.76. The van der Waals surface area contributed by atoms with Crippen LogP contribution in [-0.4, -0.2) is 9.91 Å². The van der Waals surface area contributed by atoms with Gasteiger partial charge in [0.05, 0.1) is 11.5 Å².